The molecule has 2 N–H and O–H groups in total. The number of pyridine rings is 1. The molecule has 0 unspecified atom stereocenters. The summed E-state index contributed by atoms with van der Waals surface area (Å²) in [6, 6.07) is 7.50. The molecule has 0 aliphatic heterocycles. The lowest BCUT2D eigenvalue weighted by Gasteiger charge is -2.09. The maximum absolute atomic E-state index is 12.0. The summed E-state index contributed by atoms with van der Waals surface area (Å²) in [6.45, 7) is 0.641. The van der Waals surface area contributed by atoms with Gasteiger partial charge in [0.05, 0.1) is 0 Å². The molecule has 0 aliphatic rings. The number of hydrogen-bond donors (Lipinski definition) is 2. The number of hydrogen-bond acceptors (Lipinski definition) is 4. The highest BCUT2D eigenvalue weighted by molar-refractivity contribution is 7.20. The maximum atomic E-state index is 12.0. The van der Waals surface area contributed by atoms with Crippen LogP contribution in [0.15, 0.2) is 29.1 Å². The molecule has 0 radical (unpaired) electrons. The van der Waals surface area contributed by atoms with Crippen LogP contribution >= 0.6 is 11.3 Å². The monoisotopic (exact) mass is 274 g/mol. The van der Waals surface area contributed by atoms with Crippen LogP contribution in [0.3, 0.4) is 0 Å². The molecule has 0 saturated carbocycles. The van der Waals surface area contributed by atoms with Crippen molar-refractivity contribution in [3.63, 3.8) is 0 Å². The normalized spacial score (nSPS) is 11.7. The molecule has 0 fully saturated rings. The number of benzene rings is 1. The Hall–Kier alpha value is -1.85. The summed E-state index contributed by atoms with van der Waals surface area (Å²) in [5, 5.41) is 12.9. The van der Waals surface area contributed by atoms with Gasteiger partial charge < -0.3 is 15.0 Å². The van der Waals surface area contributed by atoms with Gasteiger partial charge in [0.2, 0.25) is 0 Å². The predicted molar refractivity (Wildman–Crippen MR) is 79.0 cm³/mol. The highest BCUT2D eigenvalue weighted by Gasteiger charge is 2.16. The van der Waals surface area contributed by atoms with E-state index in [0.717, 1.165) is 21.2 Å². The Morgan fingerprint density at radius 2 is 1.95 bits per heavy atom. The second-order valence-electron chi connectivity index (χ2n) is 4.83. The van der Waals surface area contributed by atoms with Gasteiger partial charge in [-0.05, 0) is 25.5 Å². The van der Waals surface area contributed by atoms with Crippen molar-refractivity contribution in [3.8, 4) is 5.06 Å². The molecule has 0 spiro atoms. The van der Waals surface area contributed by atoms with Gasteiger partial charge >= 0.3 is 0 Å². The number of rotatable bonds is 2. The van der Waals surface area contributed by atoms with E-state index in [9.17, 15) is 9.90 Å². The molecule has 2 heterocycles. The first-order valence-corrected chi connectivity index (χ1v) is 6.79. The van der Waals surface area contributed by atoms with Gasteiger partial charge in [-0.2, -0.15) is 0 Å². The average Bonchev–Trinajstić information content (AvgIpc) is 2.66. The van der Waals surface area contributed by atoms with Crippen LogP contribution in [0, 0.1) is 0 Å². The standard InChI is InChI=1S/C14H14N2O2S/c1-16(2)7-10-11-8-5-3-4-6-9(8)12(17)15-13(11)19-14(10)18/h3-6,18H,7H2,1-2H3,(H,15,17). The molecular formula is C14H14N2O2S. The summed E-state index contributed by atoms with van der Waals surface area (Å²) in [4.78, 5) is 17.6. The number of nitrogens with one attached hydrogen (secondary N) is 1. The largest absolute Gasteiger partial charge is 0.499 e. The van der Waals surface area contributed by atoms with Crippen molar-refractivity contribution < 1.29 is 5.11 Å². The zero-order valence-corrected chi connectivity index (χ0v) is 11.5. The van der Waals surface area contributed by atoms with Crippen molar-refractivity contribution in [1.82, 2.24) is 9.88 Å². The van der Waals surface area contributed by atoms with Crippen molar-refractivity contribution in [2.75, 3.05) is 14.1 Å². The summed E-state index contributed by atoms with van der Waals surface area (Å²) >= 11 is 1.22. The first kappa shape index (κ1) is 12.2. The molecule has 19 heavy (non-hydrogen) atoms. The molecule has 1 aromatic carbocycles. The van der Waals surface area contributed by atoms with E-state index < -0.39 is 0 Å². The van der Waals surface area contributed by atoms with E-state index in [2.05, 4.69) is 4.98 Å². The van der Waals surface area contributed by atoms with E-state index in [4.69, 9.17) is 0 Å². The minimum atomic E-state index is -0.110. The minimum absolute atomic E-state index is 0.110. The number of nitrogens with zero attached hydrogens (tertiary/aromatic N) is 1. The molecule has 0 atom stereocenters. The van der Waals surface area contributed by atoms with Gasteiger partial charge in [-0.3, -0.25) is 4.79 Å². The predicted octanol–water partition coefficient (Wildman–Crippen LogP) is 2.51. The Bertz CT molecular complexity index is 817. The SMILES string of the molecule is CN(C)Cc1c(O)sc2[nH]c(=O)c3ccccc3c12. The van der Waals surface area contributed by atoms with Crippen molar-refractivity contribution in [3.05, 3.63) is 40.2 Å². The molecule has 5 heteroatoms. The van der Waals surface area contributed by atoms with Crippen LogP contribution < -0.4 is 5.56 Å². The van der Waals surface area contributed by atoms with Gasteiger partial charge in [-0.1, -0.05) is 29.5 Å². The van der Waals surface area contributed by atoms with Gasteiger partial charge in [0, 0.05) is 22.9 Å². The fraction of sp³-hybridized carbons (Fsp3) is 0.214. The molecule has 0 saturated heterocycles. The Balaban J connectivity index is 2.48. The maximum Gasteiger partial charge on any atom is 0.256 e. The smallest absolute Gasteiger partial charge is 0.256 e. The molecule has 2 aromatic heterocycles. The number of aromatic nitrogens is 1. The van der Waals surface area contributed by atoms with Crippen LogP contribution in [0.5, 0.6) is 5.06 Å². The highest BCUT2D eigenvalue weighted by Crippen LogP contribution is 2.38. The molecule has 0 aliphatic carbocycles. The molecule has 98 valence electrons. The third kappa shape index (κ3) is 1.91. The minimum Gasteiger partial charge on any atom is -0.499 e. The quantitative estimate of drug-likeness (QED) is 0.755. The number of fused-ring (bicyclic) bond motifs is 3. The van der Waals surface area contributed by atoms with Gasteiger partial charge in [-0.25, -0.2) is 0 Å². The first-order chi connectivity index (χ1) is 9.08. The van der Waals surface area contributed by atoms with E-state index >= 15 is 0 Å². The van der Waals surface area contributed by atoms with Gasteiger partial charge in [-0.15, -0.1) is 0 Å². The topological polar surface area (TPSA) is 56.3 Å². The number of H-pyrrole nitrogens is 1. The number of aromatic hydroxyl groups is 1. The summed E-state index contributed by atoms with van der Waals surface area (Å²) in [5.74, 6) is 0. The Morgan fingerprint density at radius 1 is 1.26 bits per heavy atom. The Morgan fingerprint density at radius 3 is 2.63 bits per heavy atom. The Labute approximate surface area is 113 Å². The van der Waals surface area contributed by atoms with E-state index in [1.54, 1.807) is 0 Å². The average molecular weight is 274 g/mol. The third-order valence-electron chi connectivity index (χ3n) is 3.13. The van der Waals surface area contributed by atoms with E-state index in [1.165, 1.54) is 11.3 Å². The van der Waals surface area contributed by atoms with Crippen molar-refractivity contribution in [1.29, 1.82) is 0 Å². The van der Waals surface area contributed by atoms with Gasteiger partial charge in [0.1, 0.15) is 4.83 Å². The highest BCUT2D eigenvalue weighted by atomic mass is 32.1. The molecular weight excluding hydrogens is 260 g/mol. The van der Waals surface area contributed by atoms with Crippen LogP contribution in [-0.4, -0.2) is 29.1 Å². The number of aromatic amines is 1. The summed E-state index contributed by atoms with van der Waals surface area (Å²) in [5.41, 5.74) is 0.762. The summed E-state index contributed by atoms with van der Waals surface area (Å²) in [6.07, 6.45) is 0. The van der Waals surface area contributed by atoms with Crippen molar-refractivity contribution in [2.24, 2.45) is 0 Å². The zero-order valence-electron chi connectivity index (χ0n) is 10.7. The van der Waals surface area contributed by atoms with Crippen molar-refractivity contribution in [2.45, 2.75) is 6.54 Å². The lowest BCUT2D eigenvalue weighted by atomic mass is 10.1. The second kappa shape index (κ2) is 4.36. The van der Waals surface area contributed by atoms with Crippen LogP contribution in [0.4, 0.5) is 0 Å². The second-order valence-corrected chi connectivity index (χ2v) is 5.83. The lowest BCUT2D eigenvalue weighted by molar-refractivity contribution is 0.392. The van der Waals surface area contributed by atoms with Crippen LogP contribution in [0.1, 0.15) is 5.56 Å². The van der Waals surface area contributed by atoms with Crippen molar-refractivity contribution >= 4 is 32.3 Å². The molecule has 0 amide bonds. The van der Waals surface area contributed by atoms with Gasteiger partial charge in [0.15, 0.2) is 5.06 Å². The molecule has 3 rings (SSSR count). The van der Waals surface area contributed by atoms with E-state index in [1.807, 2.05) is 43.3 Å². The molecule has 3 aromatic rings. The zero-order chi connectivity index (χ0) is 13.6. The van der Waals surface area contributed by atoms with Gasteiger partial charge in [0.25, 0.3) is 5.56 Å². The fourth-order valence-electron chi connectivity index (χ4n) is 2.36. The Kier molecular flexibility index (Phi) is 2.80. The fourth-order valence-corrected chi connectivity index (χ4v) is 3.32. The van der Waals surface area contributed by atoms with E-state index in [0.29, 0.717) is 11.9 Å². The third-order valence-corrected chi connectivity index (χ3v) is 4.08. The van der Waals surface area contributed by atoms with Crippen LogP contribution in [0.2, 0.25) is 0 Å². The number of thiophene rings is 1. The van der Waals surface area contributed by atoms with Crippen LogP contribution in [-0.2, 0) is 6.54 Å². The molecule has 0 bridgehead atoms. The van der Waals surface area contributed by atoms with Crippen LogP contribution in [0.25, 0.3) is 21.0 Å². The first-order valence-electron chi connectivity index (χ1n) is 5.98. The summed E-state index contributed by atoms with van der Waals surface area (Å²) in [7, 11) is 3.91. The summed E-state index contributed by atoms with van der Waals surface area (Å²) < 4.78 is 0. The lowest BCUT2D eigenvalue weighted by Crippen LogP contribution is -2.11. The molecule has 4 nitrogen and oxygen atoms in total. The van der Waals surface area contributed by atoms with E-state index in [-0.39, 0.29) is 10.6 Å².